The first-order valence-electron chi connectivity index (χ1n) is 6.40. The number of halogens is 1. The summed E-state index contributed by atoms with van der Waals surface area (Å²) < 4.78 is 26.8. The van der Waals surface area contributed by atoms with Crippen molar-refractivity contribution in [2.45, 2.75) is 31.7 Å². The van der Waals surface area contributed by atoms with E-state index in [-0.39, 0.29) is 10.9 Å². The number of hydrogen-bond donors (Lipinski definition) is 1. The van der Waals surface area contributed by atoms with Crippen molar-refractivity contribution in [2.75, 3.05) is 19.6 Å². The van der Waals surface area contributed by atoms with Crippen LogP contribution in [0, 0.1) is 0 Å². The molecule has 0 radical (unpaired) electrons. The van der Waals surface area contributed by atoms with Crippen molar-refractivity contribution >= 4 is 21.6 Å². The SMILES string of the molecule is CCN(CC)C(C)CNS(=O)(=O)c1ccc(Cl)cc1. The Morgan fingerprint density at radius 3 is 2.21 bits per heavy atom. The summed E-state index contributed by atoms with van der Waals surface area (Å²) in [5.41, 5.74) is 0. The van der Waals surface area contributed by atoms with Gasteiger partial charge in [-0.25, -0.2) is 13.1 Å². The molecule has 1 N–H and O–H groups in total. The molecule has 0 saturated carbocycles. The fraction of sp³-hybridized carbons (Fsp3) is 0.538. The number of hydrogen-bond acceptors (Lipinski definition) is 3. The van der Waals surface area contributed by atoms with Crippen LogP contribution in [0.15, 0.2) is 29.2 Å². The summed E-state index contributed by atoms with van der Waals surface area (Å²) in [6.07, 6.45) is 0. The molecule has 0 bridgehead atoms. The zero-order valence-electron chi connectivity index (χ0n) is 11.6. The van der Waals surface area contributed by atoms with Gasteiger partial charge in [-0.3, -0.25) is 4.90 Å². The van der Waals surface area contributed by atoms with Crippen molar-refractivity contribution in [1.29, 1.82) is 0 Å². The number of benzene rings is 1. The lowest BCUT2D eigenvalue weighted by molar-refractivity contribution is 0.232. The van der Waals surface area contributed by atoms with E-state index in [9.17, 15) is 8.42 Å². The molecule has 1 atom stereocenters. The summed E-state index contributed by atoms with van der Waals surface area (Å²) in [6.45, 7) is 8.34. The molecule has 19 heavy (non-hydrogen) atoms. The van der Waals surface area contributed by atoms with Gasteiger partial charge < -0.3 is 0 Å². The van der Waals surface area contributed by atoms with Crippen LogP contribution in [0.4, 0.5) is 0 Å². The lowest BCUT2D eigenvalue weighted by atomic mass is 10.3. The molecule has 0 spiro atoms. The van der Waals surface area contributed by atoms with Gasteiger partial charge in [-0.15, -0.1) is 0 Å². The minimum absolute atomic E-state index is 0.164. The minimum Gasteiger partial charge on any atom is -0.300 e. The monoisotopic (exact) mass is 304 g/mol. The van der Waals surface area contributed by atoms with Gasteiger partial charge in [0, 0.05) is 17.6 Å². The highest BCUT2D eigenvalue weighted by molar-refractivity contribution is 7.89. The van der Waals surface area contributed by atoms with Crippen LogP contribution in [0.3, 0.4) is 0 Å². The molecular weight excluding hydrogens is 284 g/mol. The smallest absolute Gasteiger partial charge is 0.240 e. The van der Waals surface area contributed by atoms with Crippen LogP contribution in [0.5, 0.6) is 0 Å². The molecule has 0 aliphatic rings. The summed E-state index contributed by atoms with van der Waals surface area (Å²) in [4.78, 5) is 2.44. The molecule has 0 fully saturated rings. The summed E-state index contributed by atoms with van der Waals surface area (Å²) in [7, 11) is -3.46. The largest absolute Gasteiger partial charge is 0.300 e. The Morgan fingerprint density at radius 1 is 1.21 bits per heavy atom. The number of nitrogens with zero attached hydrogens (tertiary/aromatic N) is 1. The number of likely N-dealkylation sites (N-methyl/N-ethyl adjacent to an activating group) is 1. The lowest BCUT2D eigenvalue weighted by Gasteiger charge is -2.26. The molecule has 0 aliphatic heterocycles. The van der Waals surface area contributed by atoms with E-state index in [1.807, 2.05) is 6.92 Å². The van der Waals surface area contributed by atoms with Gasteiger partial charge in [0.05, 0.1) is 4.90 Å². The van der Waals surface area contributed by atoms with Crippen molar-refractivity contribution in [1.82, 2.24) is 9.62 Å². The first kappa shape index (κ1) is 16.4. The number of nitrogens with one attached hydrogen (secondary N) is 1. The van der Waals surface area contributed by atoms with Crippen molar-refractivity contribution in [2.24, 2.45) is 0 Å². The molecule has 0 heterocycles. The van der Waals surface area contributed by atoms with E-state index in [2.05, 4.69) is 23.5 Å². The van der Waals surface area contributed by atoms with Gasteiger partial charge in [0.25, 0.3) is 0 Å². The predicted octanol–water partition coefficient (Wildman–Crippen LogP) is 2.35. The zero-order valence-corrected chi connectivity index (χ0v) is 13.1. The highest BCUT2D eigenvalue weighted by Crippen LogP contribution is 2.13. The van der Waals surface area contributed by atoms with E-state index in [1.165, 1.54) is 12.1 Å². The maximum Gasteiger partial charge on any atom is 0.240 e. The highest BCUT2D eigenvalue weighted by atomic mass is 35.5. The van der Waals surface area contributed by atoms with Crippen LogP contribution in [-0.4, -0.2) is 39.0 Å². The Morgan fingerprint density at radius 2 is 1.74 bits per heavy atom. The van der Waals surface area contributed by atoms with E-state index in [0.717, 1.165) is 13.1 Å². The minimum atomic E-state index is -3.46. The third-order valence-corrected chi connectivity index (χ3v) is 4.82. The second-order valence-electron chi connectivity index (χ2n) is 4.38. The summed E-state index contributed by atoms with van der Waals surface area (Å²) >= 11 is 5.75. The molecule has 0 saturated heterocycles. The Hall–Kier alpha value is -0.620. The lowest BCUT2D eigenvalue weighted by Crippen LogP contribution is -2.41. The Balaban J connectivity index is 2.68. The van der Waals surface area contributed by atoms with Gasteiger partial charge >= 0.3 is 0 Å². The van der Waals surface area contributed by atoms with Crippen molar-refractivity contribution in [3.8, 4) is 0 Å². The average molecular weight is 305 g/mol. The van der Waals surface area contributed by atoms with Gasteiger partial charge in [-0.1, -0.05) is 25.4 Å². The fourth-order valence-corrected chi connectivity index (χ4v) is 3.15. The molecule has 1 unspecified atom stereocenters. The quantitative estimate of drug-likeness (QED) is 0.841. The number of sulfonamides is 1. The van der Waals surface area contributed by atoms with Crippen molar-refractivity contribution < 1.29 is 8.42 Å². The highest BCUT2D eigenvalue weighted by Gasteiger charge is 2.17. The molecule has 0 aromatic heterocycles. The summed E-state index contributed by atoms with van der Waals surface area (Å²) in [6, 6.07) is 6.32. The number of rotatable bonds is 7. The first-order valence-corrected chi connectivity index (χ1v) is 8.26. The second-order valence-corrected chi connectivity index (χ2v) is 6.58. The first-order chi connectivity index (χ1) is 8.90. The molecule has 4 nitrogen and oxygen atoms in total. The van der Waals surface area contributed by atoms with Gasteiger partial charge in [0.1, 0.15) is 0 Å². The molecule has 0 aliphatic carbocycles. The molecule has 1 aromatic carbocycles. The predicted molar refractivity (Wildman–Crippen MR) is 79.0 cm³/mol. The Bertz CT molecular complexity index is 484. The molecule has 0 amide bonds. The van der Waals surface area contributed by atoms with E-state index >= 15 is 0 Å². The molecule has 6 heteroatoms. The maximum atomic E-state index is 12.1. The van der Waals surface area contributed by atoms with Crippen LogP contribution in [0.25, 0.3) is 0 Å². The van der Waals surface area contributed by atoms with Crippen LogP contribution in [-0.2, 0) is 10.0 Å². The fourth-order valence-electron chi connectivity index (χ4n) is 1.90. The Kier molecular flexibility index (Phi) is 6.26. The molecule has 1 aromatic rings. The average Bonchev–Trinajstić information content (AvgIpc) is 2.38. The summed E-state index contributed by atoms with van der Waals surface area (Å²) in [5, 5.41) is 0.524. The normalized spacial score (nSPS) is 13.7. The van der Waals surface area contributed by atoms with Gasteiger partial charge in [0.2, 0.25) is 10.0 Å². The molecule has 1 rings (SSSR count). The van der Waals surface area contributed by atoms with Gasteiger partial charge in [0.15, 0.2) is 0 Å². The van der Waals surface area contributed by atoms with Crippen LogP contribution in [0.1, 0.15) is 20.8 Å². The van der Waals surface area contributed by atoms with Gasteiger partial charge in [-0.05, 0) is 44.3 Å². The standard InChI is InChI=1S/C13H21ClN2O2S/c1-4-16(5-2)11(3)10-15-19(17,18)13-8-6-12(14)7-9-13/h6-9,11,15H,4-5,10H2,1-3H3. The molecular formula is C13H21ClN2O2S. The topological polar surface area (TPSA) is 49.4 Å². The van der Waals surface area contributed by atoms with E-state index in [0.29, 0.717) is 11.6 Å². The third-order valence-electron chi connectivity index (χ3n) is 3.13. The second kappa shape index (κ2) is 7.24. The van der Waals surface area contributed by atoms with E-state index in [4.69, 9.17) is 11.6 Å². The van der Waals surface area contributed by atoms with Crippen LogP contribution < -0.4 is 4.72 Å². The van der Waals surface area contributed by atoms with Crippen molar-refractivity contribution in [3.63, 3.8) is 0 Å². The zero-order chi connectivity index (χ0) is 14.5. The van der Waals surface area contributed by atoms with Crippen LogP contribution >= 0.6 is 11.6 Å². The van der Waals surface area contributed by atoms with Crippen molar-refractivity contribution in [3.05, 3.63) is 29.3 Å². The van der Waals surface area contributed by atoms with Gasteiger partial charge in [-0.2, -0.15) is 0 Å². The Labute approximate surface area is 120 Å². The molecule has 108 valence electrons. The van der Waals surface area contributed by atoms with E-state index in [1.54, 1.807) is 12.1 Å². The van der Waals surface area contributed by atoms with E-state index < -0.39 is 10.0 Å². The third kappa shape index (κ3) is 4.76. The van der Waals surface area contributed by atoms with Crippen LogP contribution in [0.2, 0.25) is 5.02 Å². The summed E-state index contributed by atoms with van der Waals surface area (Å²) in [5.74, 6) is 0. The maximum absolute atomic E-state index is 12.1.